The van der Waals surface area contributed by atoms with Crippen LogP contribution in [0.15, 0.2) is 18.2 Å². The van der Waals surface area contributed by atoms with E-state index in [0.29, 0.717) is 5.56 Å². The lowest BCUT2D eigenvalue weighted by Crippen LogP contribution is -2.17. The highest BCUT2D eigenvalue weighted by Crippen LogP contribution is 2.22. The number of phenolic OH excluding ortho intramolecular Hbond substituents is 2. The summed E-state index contributed by atoms with van der Waals surface area (Å²) in [7, 11) is 0. The van der Waals surface area contributed by atoms with Gasteiger partial charge in [0.05, 0.1) is 5.92 Å². The molecule has 20 heavy (non-hydrogen) atoms. The van der Waals surface area contributed by atoms with E-state index < -0.39 is 0 Å². The molecule has 0 heterocycles. The Kier molecular flexibility index (Phi) is 6.83. The molecule has 0 aliphatic heterocycles. The van der Waals surface area contributed by atoms with E-state index in [2.05, 4.69) is 0 Å². The number of hydrogen-bond donors (Lipinski definition) is 2. The first-order chi connectivity index (χ1) is 9.54. The third-order valence-corrected chi connectivity index (χ3v) is 2.79. The summed E-state index contributed by atoms with van der Waals surface area (Å²) < 4.78 is 4.96. The van der Waals surface area contributed by atoms with Gasteiger partial charge in [-0.1, -0.05) is 13.8 Å². The van der Waals surface area contributed by atoms with Crippen molar-refractivity contribution in [3.8, 4) is 11.5 Å². The minimum Gasteiger partial charge on any atom is -0.508 e. The highest BCUT2D eigenvalue weighted by Gasteiger charge is 2.11. The van der Waals surface area contributed by atoms with Crippen LogP contribution in [0, 0.1) is 5.92 Å². The molecule has 0 fully saturated rings. The first kappa shape index (κ1) is 16.3. The maximum Gasteiger partial charge on any atom is 0.308 e. The topological polar surface area (TPSA) is 85.2 Å². The Morgan fingerprint density at radius 3 is 2.65 bits per heavy atom. The molecule has 1 aromatic carbocycles. The number of ether oxygens (including phenoxy) is 1. The Bertz CT molecular complexity index is 432. The molecule has 112 valence electrons. The summed E-state index contributed by atoms with van der Waals surface area (Å²) in [5.41, 5.74) is 0.486. The fourth-order valence-electron chi connectivity index (χ4n) is 1.32. The lowest BCUT2D eigenvalue weighted by Gasteiger charge is -2.09. The van der Waals surface area contributed by atoms with Crippen molar-refractivity contribution in [3.63, 3.8) is 0 Å². The predicted molar refractivity (Wildman–Crippen MR) is 70.9 cm³/mol. The molecule has 0 spiro atoms. The van der Waals surface area contributed by atoms with Crippen LogP contribution in [0.25, 0.3) is 0 Å². The van der Waals surface area contributed by atoms with Gasteiger partial charge < -0.3 is 14.9 Å². The van der Waals surface area contributed by atoms with Crippen molar-refractivity contribution in [2.24, 2.45) is 5.92 Å². The van der Waals surface area contributed by atoms with Gasteiger partial charge in [0.1, 0.15) is 31.3 Å². The molecule has 0 aromatic heterocycles. The van der Waals surface area contributed by atoms with E-state index >= 15 is 0 Å². The molecule has 1 aromatic rings. The van der Waals surface area contributed by atoms with Crippen LogP contribution in [0.5, 0.6) is 11.5 Å². The molecule has 6 heteroatoms. The van der Waals surface area contributed by atoms with Crippen LogP contribution < -0.4 is 0 Å². The first-order valence-electron chi connectivity index (χ1n) is 6.46. The second-order valence-electron chi connectivity index (χ2n) is 4.37. The molecule has 2 N–H and O–H groups in total. The van der Waals surface area contributed by atoms with Crippen LogP contribution in [0.3, 0.4) is 0 Å². The van der Waals surface area contributed by atoms with Crippen LogP contribution in [0.1, 0.15) is 25.8 Å². The SMILES string of the molecule is CCC(C)C(=O)OCCOOCc1ccc(O)cc1O. The van der Waals surface area contributed by atoms with E-state index in [1.807, 2.05) is 6.92 Å². The molecular formula is C14H20O6. The van der Waals surface area contributed by atoms with Crippen molar-refractivity contribution in [1.82, 2.24) is 0 Å². The van der Waals surface area contributed by atoms with Crippen LogP contribution >= 0.6 is 0 Å². The van der Waals surface area contributed by atoms with Gasteiger partial charge in [-0.15, -0.1) is 0 Å². The molecular weight excluding hydrogens is 264 g/mol. The van der Waals surface area contributed by atoms with Gasteiger partial charge >= 0.3 is 5.97 Å². The van der Waals surface area contributed by atoms with Crippen LogP contribution in [-0.2, 0) is 25.9 Å². The Labute approximate surface area is 117 Å². The van der Waals surface area contributed by atoms with Crippen LogP contribution in [0.2, 0.25) is 0 Å². The maximum atomic E-state index is 11.3. The van der Waals surface area contributed by atoms with Crippen molar-refractivity contribution >= 4 is 5.97 Å². The zero-order chi connectivity index (χ0) is 15.0. The van der Waals surface area contributed by atoms with E-state index in [-0.39, 0.29) is 43.2 Å². The fraction of sp³-hybridized carbons (Fsp3) is 0.500. The highest BCUT2D eigenvalue weighted by atomic mass is 17.2. The quantitative estimate of drug-likeness (QED) is 0.329. The molecule has 0 radical (unpaired) electrons. The number of benzene rings is 1. The summed E-state index contributed by atoms with van der Waals surface area (Å²) in [6.45, 7) is 3.97. The largest absolute Gasteiger partial charge is 0.508 e. The summed E-state index contributed by atoms with van der Waals surface area (Å²) in [6.07, 6.45) is 0.732. The van der Waals surface area contributed by atoms with Crippen LogP contribution in [-0.4, -0.2) is 29.4 Å². The average Bonchev–Trinajstić information content (AvgIpc) is 2.43. The fourth-order valence-corrected chi connectivity index (χ4v) is 1.32. The zero-order valence-corrected chi connectivity index (χ0v) is 11.7. The van der Waals surface area contributed by atoms with Crippen molar-refractivity contribution in [2.45, 2.75) is 26.9 Å². The second kappa shape index (κ2) is 8.39. The molecule has 6 nitrogen and oxygen atoms in total. The van der Waals surface area contributed by atoms with Gasteiger partial charge in [0.2, 0.25) is 0 Å². The average molecular weight is 284 g/mol. The molecule has 0 aliphatic carbocycles. The summed E-state index contributed by atoms with van der Waals surface area (Å²) in [4.78, 5) is 21.0. The minimum absolute atomic E-state index is 0.0240. The van der Waals surface area contributed by atoms with Crippen molar-refractivity contribution in [1.29, 1.82) is 0 Å². The molecule has 1 unspecified atom stereocenters. The van der Waals surface area contributed by atoms with Crippen molar-refractivity contribution < 1.29 is 29.5 Å². The number of carbonyl (C=O) groups is 1. The van der Waals surface area contributed by atoms with Crippen molar-refractivity contribution in [2.75, 3.05) is 13.2 Å². The Morgan fingerprint density at radius 1 is 1.25 bits per heavy atom. The van der Waals surface area contributed by atoms with Gasteiger partial charge in [0, 0.05) is 11.6 Å². The van der Waals surface area contributed by atoms with Gasteiger partial charge in [0.15, 0.2) is 0 Å². The first-order valence-corrected chi connectivity index (χ1v) is 6.46. The van der Waals surface area contributed by atoms with E-state index in [1.165, 1.54) is 18.2 Å². The minimum atomic E-state index is -0.257. The molecule has 1 rings (SSSR count). The van der Waals surface area contributed by atoms with Crippen molar-refractivity contribution in [3.05, 3.63) is 23.8 Å². The molecule has 1 atom stereocenters. The predicted octanol–water partition coefficient (Wildman–Crippen LogP) is 2.14. The second-order valence-corrected chi connectivity index (χ2v) is 4.37. The van der Waals surface area contributed by atoms with Crippen LogP contribution in [0.4, 0.5) is 0 Å². The van der Waals surface area contributed by atoms with Gasteiger partial charge in [-0.3, -0.25) is 4.79 Å². The Hall–Kier alpha value is -1.79. The lowest BCUT2D eigenvalue weighted by atomic mass is 10.1. The maximum absolute atomic E-state index is 11.3. The zero-order valence-electron chi connectivity index (χ0n) is 11.7. The van der Waals surface area contributed by atoms with E-state index in [0.717, 1.165) is 6.42 Å². The van der Waals surface area contributed by atoms with E-state index in [1.54, 1.807) is 6.92 Å². The number of hydrogen-bond acceptors (Lipinski definition) is 6. The molecule has 0 saturated heterocycles. The normalized spacial score (nSPS) is 12.1. The molecule has 0 saturated carbocycles. The van der Waals surface area contributed by atoms with E-state index in [4.69, 9.17) is 19.6 Å². The molecule has 0 aliphatic rings. The number of aromatic hydroxyl groups is 2. The molecule has 0 bridgehead atoms. The highest BCUT2D eigenvalue weighted by molar-refractivity contribution is 5.71. The van der Waals surface area contributed by atoms with Gasteiger partial charge in [-0.25, -0.2) is 9.78 Å². The molecule has 0 amide bonds. The summed E-state index contributed by atoms with van der Waals surface area (Å²) in [5, 5.41) is 18.6. The number of esters is 1. The van der Waals surface area contributed by atoms with Gasteiger partial charge in [0.25, 0.3) is 0 Å². The third-order valence-electron chi connectivity index (χ3n) is 2.79. The smallest absolute Gasteiger partial charge is 0.308 e. The summed E-state index contributed by atoms with van der Waals surface area (Å²) >= 11 is 0. The Balaban J connectivity index is 2.15. The van der Waals surface area contributed by atoms with Gasteiger partial charge in [-0.05, 0) is 18.6 Å². The summed E-state index contributed by atoms with van der Waals surface area (Å²) in [5.74, 6) is -0.474. The van der Waals surface area contributed by atoms with Gasteiger partial charge in [-0.2, -0.15) is 0 Å². The number of phenols is 2. The summed E-state index contributed by atoms with van der Waals surface area (Å²) in [6, 6.07) is 4.18. The monoisotopic (exact) mass is 284 g/mol. The number of rotatable bonds is 8. The lowest BCUT2D eigenvalue weighted by molar-refractivity contribution is -0.307. The number of carbonyl (C=O) groups excluding carboxylic acids is 1. The third kappa shape index (κ3) is 5.46. The Morgan fingerprint density at radius 2 is 2.00 bits per heavy atom. The standard InChI is InChI=1S/C14H20O6/c1-3-10(2)14(17)18-6-7-19-20-9-11-4-5-12(15)8-13(11)16/h4-5,8,10,15-16H,3,6-7,9H2,1-2H3. The van der Waals surface area contributed by atoms with E-state index in [9.17, 15) is 9.90 Å².